The van der Waals surface area contributed by atoms with Crippen molar-refractivity contribution in [1.29, 1.82) is 0 Å². The second kappa shape index (κ2) is 19.3. The molecule has 0 aromatic heterocycles. The minimum atomic E-state index is 0.0438. The van der Waals surface area contributed by atoms with E-state index < -0.39 is 0 Å². The summed E-state index contributed by atoms with van der Waals surface area (Å²) in [7, 11) is 1.65. The molecule has 0 aromatic rings. The Labute approximate surface area is 177 Å². The predicted octanol–water partition coefficient (Wildman–Crippen LogP) is 6.28. The molecule has 0 radical (unpaired) electrons. The summed E-state index contributed by atoms with van der Waals surface area (Å²) < 4.78 is 16.0. The van der Waals surface area contributed by atoms with Gasteiger partial charge in [-0.05, 0) is 49.8 Å². The molecular formula is C22H41ClN2O3. The van der Waals surface area contributed by atoms with Crippen LogP contribution in [0.15, 0.2) is 28.6 Å². The lowest BCUT2D eigenvalue weighted by Gasteiger charge is -2.14. The summed E-state index contributed by atoms with van der Waals surface area (Å²) in [5.74, 6) is 0.743. The fourth-order valence-corrected chi connectivity index (χ4v) is 2.92. The number of methoxy groups -OCH3 is 1. The molecule has 0 aliphatic rings. The van der Waals surface area contributed by atoms with Crippen LogP contribution in [0.4, 0.5) is 0 Å². The topological polar surface area (TPSA) is 66.1 Å². The number of unbranched alkanes of at least 4 members (excludes halogenated alkanes) is 8. The maximum atomic E-state index is 5.91. The van der Waals surface area contributed by atoms with Crippen molar-refractivity contribution < 1.29 is 14.2 Å². The summed E-state index contributed by atoms with van der Waals surface area (Å²) in [5.41, 5.74) is 7.28. The third kappa shape index (κ3) is 16.0. The van der Waals surface area contributed by atoms with Gasteiger partial charge in [0.1, 0.15) is 12.6 Å². The number of hydrogen-bond acceptors (Lipinski definition) is 4. The predicted molar refractivity (Wildman–Crippen MR) is 120 cm³/mol. The Bertz CT molecular complexity index is 461. The molecular weight excluding hydrogens is 376 g/mol. The van der Waals surface area contributed by atoms with Crippen LogP contribution in [0, 0.1) is 0 Å². The molecule has 5 nitrogen and oxygen atoms in total. The summed E-state index contributed by atoms with van der Waals surface area (Å²) in [6.07, 6.45) is 12.5. The molecule has 28 heavy (non-hydrogen) atoms. The normalized spacial score (nSPS) is 12.8. The van der Waals surface area contributed by atoms with E-state index in [9.17, 15) is 0 Å². The molecule has 0 saturated heterocycles. The van der Waals surface area contributed by atoms with Crippen LogP contribution in [0.25, 0.3) is 0 Å². The number of rotatable bonds is 19. The van der Waals surface area contributed by atoms with Crippen LogP contribution < -0.4 is 5.73 Å². The van der Waals surface area contributed by atoms with E-state index in [1.165, 1.54) is 32.1 Å². The van der Waals surface area contributed by atoms with Crippen LogP contribution in [0.3, 0.4) is 0 Å². The lowest BCUT2D eigenvalue weighted by Crippen LogP contribution is -2.06. The Hall–Kier alpha value is -1.04. The number of nitrogens with zero attached hydrogens (tertiary/aromatic N) is 1. The lowest BCUT2D eigenvalue weighted by atomic mass is 10.1. The van der Waals surface area contributed by atoms with Gasteiger partial charge in [0, 0.05) is 13.7 Å². The molecule has 0 rings (SSSR count). The van der Waals surface area contributed by atoms with Gasteiger partial charge < -0.3 is 19.9 Å². The van der Waals surface area contributed by atoms with Gasteiger partial charge in [0.15, 0.2) is 5.29 Å². The van der Waals surface area contributed by atoms with Crippen molar-refractivity contribution in [1.82, 2.24) is 0 Å². The Morgan fingerprint density at radius 3 is 2.11 bits per heavy atom. The minimum Gasteiger partial charge on any atom is -0.491 e. The first-order valence-corrected chi connectivity index (χ1v) is 11.0. The van der Waals surface area contributed by atoms with Crippen molar-refractivity contribution >= 4 is 16.9 Å². The van der Waals surface area contributed by atoms with Gasteiger partial charge in [-0.3, -0.25) is 0 Å². The number of allylic oxidation sites excluding steroid dienone is 2. The first-order valence-electron chi connectivity index (χ1n) is 10.6. The third-order valence-electron chi connectivity index (χ3n) is 4.29. The highest BCUT2D eigenvalue weighted by Gasteiger charge is 2.10. The summed E-state index contributed by atoms with van der Waals surface area (Å²) >= 11 is 5.83. The molecule has 0 unspecified atom stereocenters. The number of halogens is 1. The average molecular weight is 417 g/mol. The van der Waals surface area contributed by atoms with E-state index in [1.54, 1.807) is 7.11 Å². The Morgan fingerprint density at radius 2 is 1.57 bits per heavy atom. The second-order valence-electron chi connectivity index (χ2n) is 7.09. The van der Waals surface area contributed by atoms with Gasteiger partial charge in [-0.1, -0.05) is 58.4 Å². The molecule has 0 aliphatic heterocycles. The van der Waals surface area contributed by atoms with Gasteiger partial charge in [0.25, 0.3) is 0 Å². The highest BCUT2D eigenvalue weighted by Crippen LogP contribution is 2.22. The van der Waals surface area contributed by atoms with Crippen molar-refractivity contribution in [2.45, 2.75) is 84.5 Å². The third-order valence-corrected chi connectivity index (χ3v) is 4.37. The van der Waals surface area contributed by atoms with E-state index in [-0.39, 0.29) is 5.29 Å². The van der Waals surface area contributed by atoms with Gasteiger partial charge in [-0.25, -0.2) is 4.99 Å². The Balaban J connectivity index is 4.14. The standard InChI is InChI=1S/C22H41ClN2O3/c1-5-6-17-28-21(19(2)3)20(25-22(23)24)15-13-11-9-7-8-10-12-14-16-27-18-26-4/h2,5-18H2,1,3-4H3,(H2,24,25)/b21-20+. The van der Waals surface area contributed by atoms with E-state index in [2.05, 4.69) is 18.5 Å². The number of hydrogen-bond donors (Lipinski definition) is 1. The van der Waals surface area contributed by atoms with Crippen molar-refractivity contribution in [2.24, 2.45) is 10.7 Å². The molecule has 164 valence electrons. The van der Waals surface area contributed by atoms with Gasteiger partial charge >= 0.3 is 0 Å². The van der Waals surface area contributed by atoms with Gasteiger partial charge in [-0.2, -0.15) is 0 Å². The Kier molecular flexibility index (Phi) is 18.6. The monoisotopic (exact) mass is 416 g/mol. The highest BCUT2D eigenvalue weighted by atomic mass is 35.5. The maximum Gasteiger partial charge on any atom is 0.193 e. The average Bonchev–Trinajstić information content (AvgIpc) is 2.64. The number of ether oxygens (including phenoxy) is 3. The minimum absolute atomic E-state index is 0.0438. The largest absolute Gasteiger partial charge is 0.491 e. The van der Waals surface area contributed by atoms with Crippen LogP contribution in [0.2, 0.25) is 0 Å². The molecule has 0 atom stereocenters. The fraction of sp³-hybridized carbons (Fsp3) is 0.773. The zero-order valence-corrected chi connectivity index (χ0v) is 19.0. The Morgan fingerprint density at radius 1 is 0.964 bits per heavy atom. The molecule has 0 heterocycles. The molecule has 2 N–H and O–H groups in total. The molecule has 0 saturated carbocycles. The van der Waals surface area contributed by atoms with Crippen molar-refractivity contribution in [3.8, 4) is 0 Å². The first-order chi connectivity index (χ1) is 13.5. The zero-order chi connectivity index (χ0) is 21.0. The van der Waals surface area contributed by atoms with E-state index >= 15 is 0 Å². The van der Waals surface area contributed by atoms with Crippen LogP contribution >= 0.6 is 11.6 Å². The number of amidine groups is 1. The maximum absolute atomic E-state index is 5.91. The van der Waals surface area contributed by atoms with Crippen LogP contribution in [-0.2, 0) is 14.2 Å². The molecule has 0 amide bonds. The van der Waals surface area contributed by atoms with Crippen molar-refractivity contribution in [2.75, 3.05) is 27.1 Å². The summed E-state index contributed by atoms with van der Waals surface area (Å²) in [4.78, 5) is 4.30. The van der Waals surface area contributed by atoms with E-state index in [0.29, 0.717) is 13.4 Å². The van der Waals surface area contributed by atoms with Gasteiger partial charge in [0.05, 0.1) is 12.3 Å². The van der Waals surface area contributed by atoms with Crippen LogP contribution in [-0.4, -0.2) is 32.4 Å². The van der Waals surface area contributed by atoms with Crippen molar-refractivity contribution in [3.63, 3.8) is 0 Å². The van der Waals surface area contributed by atoms with Crippen LogP contribution in [0.5, 0.6) is 0 Å². The summed E-state index contributed by atoms with van der Waals surface area (Å²) in [6, 6.07) is 0. The lowest BCUT2D eigenvalue weighted by molar-refractivity contribution is -0.0315. The zero-order valence-electron chi connectivity index (χ0n) is 18.2. The first kappa shape index (κ1) is 27.0. The number of aliphatic imine (C=N–C) groups is 1. The van der Waals surface area contributed by atoms with Crippen LogP contribution in [0.1, 0.15) is 84.5 Å². The molecule has 0 aromatic carbocycles. The highest BCUT2D eigenvalue weighted by molar-refractivity contribution is 6.64. The van der Waals surface area contributed by atoms with E-state index in [1.807, 2.05) is 6.92 Å². The molecule has 0 spiro atoms. The molecule has 0 bridgehead atoms. The molecule has 0 aliphatic carbocycles. The summed E-state index contributed by atoms with van der Waals surface area (Å²) in [5, 5.41) is 0.0438. The quantitative estimate of drug-likeness (QED) is 0.0512. The number of nitrogens with two attached hydrogens (primary N) is 1. The molecule has 6 heteroatoms. The SMILES string of the molecule is C=C(C)/C(OCCCC)=C(CCCCCCCCCCOCOC)\N=C(/N)Cl. The second-order valence-corrected chi connectivity index (χ2v) is 7.47. The van der Waals surface area contributed by atoms with E-state index in [4.69, 9.17) is 31.5 Å². The summed E-state index contributed by atoms with van der Waals surface area (Å²) in [6.45, 7) is 9.94. The fourth-order valence-electron chi connectivity index (χ4n) is 2.82. The van der Waals surface area contributed by atoms with E-state index in [0.717, 1.165) is 62.2 Å². The molecule has 0 fully saturated rings. The van der Waals surface area contributed by atoms with Crippen molar-refractivity contribution in [3.05, 3.63) is 23.6 Å². The smallest absolute Gasteiger partial charge is 0.193 e. The van der Waals surface area contributed by atoms with Gasteiger partial charge in [0.2, 0.25) is 0 Å². The van der Waals surface area contributed by atoms with Gasteiger partial charge in [-0.15, -0.1) is 0 Å².